The lowest BCUT2D eigenvalue weighted by Crippen LogP contribution is -2.38. The normalized spacial score (nSPS) is 18.5. The predicted molar refractivity (Wildman–Crippen MR) is 129 cm³/mol. The van der Waals surface area contributed by atoms with Crippen molar-refractivity contribution < 1.29 is 0 Å². The van der Waals surface area contributed by atoms with Crippen LogP contribution < -0.4 is 5.32 Å². The Morgan fingerprint density at radius 1 is 0.419 bits per heavy atom. The van der Waals surface area contributed by atoms with Gasteiger partial charge in [0.05, 0.1) is 0 Å². The van der Waals surface area contributed by atoms with E-state index in [1.165, 1.54) is 35.1 Å². The molecule has 31 heavy (non-hydrogen) atoms. The molecule has 0 bridgehead atoms. The minimum atomic E-state index is 0.361. The Kier molecular flexibility index (Phi) is 5.95. The molecule has 1 aliphatic rings. The summed E-state index contributed by atoms with van der Waals surface area (Å²) < 4.78 is 0. The lowest BCUT2D eigenvalue weighted by Gasteiger charge is -2.29. The van der Waals surface area contributed by atoms with Crippen LogP contribution in [0.1, 0.15) is 46.9 Å². The van der Waals surface area contributed by atoms with Crippen LogP contribution in [-0.4, -0.2) is 12.1 Å². The van der Waals surface area contributed by atoms with E-state index in [0.717, 1.165) is 0 Å². The van der Waals surface area contributed by atoms with Crippen LogP contribution in [0.4, 0.5) is 0 Å². The van der Waals surface area contributed by atoms with Crippen molar-refractivity contribution in [1.29, 1.82) is 0 Å². The Labute approximate surface area is 185 Å². The molecule has 1 N–H and O–H groups in total. The Morgan fingerprint density at radius 3 is 0.935 bits per heavy atom. The number of hydrogen-bond donors (Lipinski definition) is 1. The molecule has 2 atom stereocenters. The van der Waals surface area contributed by atoms with Crippen molar-refractivity contribution in [3.63, 3.8) is 0 Å². The van der Waals surface area contributed by atoms with E-state index in [0.29, 0.717) is 23.9 Å². The van der Waals surface area contributed by atoms with E-state index in [2.05, 4.69) is 127 Å². The molecule has 0 amide bonds. The highest BCUT2D eigenvalue weighted by atomic mass is 15.0. The molecule has 4 aromatic carbocycles. The zero-order valence-electron chi connectivity index (χ0n) is 17.8. The fourth-order valence-corrected chi connectivity index (χ4v) is 5.28. The molecular formula is C30H29N. The first-order chi connectivity index (χ1) is 15.4. The molecule has 5 rings (SSSR count). The molecule has 1 saturated heterocycles. The van der Waals surface area contributed by atoms with Gasteiger partial charge in [0.2, 0.25) is 0 Å². The van der Waals surface area contributed by atoms with Crippen LogP contribution in [0.25, 0.3) is 0 Å². The molecule has 1 nitrogen and oxygen atoms in total. The van der Waals surface area contributed by atoms with Crippen LogP contribution in [0, 0.1) is 0 Å². The second-order valence-corrected chi connectivity index (χ2v) is 8.56. The summed E-state index contributed by atoms with van der Waals surface area (Å²) in [5.41, 5.74) is 5.57. The monoisotopic (exact) mass is 403 g/mol. The largest absolute Gasteiger partial charge is 0.309 e. The molecule has 1 fully saturated rings. The van der Waals surface area contributed by atoms with Gasteiger partial charge in [-0.25, -0.2) is 0 Å². The fraction of sp³-hybridized carbons (Fsp3) is 0.200. The van der Waals surface area contributed by atoms with Crippen LogP contribution in [0.3, 0.4) is 0 Å². The zero-order chi connectivity index (χ0) is 20.9. The summed E-state index contributed by atoms with van der Waals surface area (Å²) >= 11 is 0. The summed E-state index contributed by atoms with van der Waals surface area (Å²) in [7, 11) is 0. The van der Waals surface area contributed by atoms with Crippen LogP contribution in [0.2, 0.25) is 0 Å². The van der Waals surface area contributed by atoms with Crippen LogP contribution in [0.5, 0.6) is 0 Å². The van der Waals surface area contributed by atoms with Crippen LogP contribution in [-0.2, 0) is 0 Å². The molecule has 4 aromatic rings. The summed E-state index contributed by atoms with van der Waals surface area (Å²) in [5, 5.41) is 4.09. The summed E-state index contributed by atoms with van der Waals surface area (Å²) in [6.45, 7) is 0. The highest BCUT2D eigenvalue weighted by molar-refractivity contribution is 5.38. The minimum Gasteiger partial charge on any atom is -0.309 e. The molecule has 0 radical (unpaired) electrons. The molecule has 1 heteroatoms. The van der Waals surface area contributed by atoms with Crippen molar-refractivity contribution in [2.24, 2.45) is 0 Å². The number of rotatable bonds is 6. The van der Waals surface area contributed by atoms with Crippen LogP contribution >= 0.6 is 0 Å². The van der Waals surface area contributed by atoms with E-state index >= 15 is 0 Å². The van der Waals surface area contributed by atoms with Gasteiger partial charge in [-0.15, -0.1) is 0 Å². The Balaban J connectivity index is 1.48. The Morgan fingerprint density at radius 2 is 0.677 bits per heavy atom. The van der Waals surface area contributed by atoms with Gasteiger partial charge in [0.1, 0.15) is 0 Å². The lowest BCUT2D eigenvalue weighted by molar-refractivity contribution is 0.471. The third kappa shape index (κ3) is 4.33. The summed E-state index contributed by atoms with van der Waals surface area (Å²) in [6, 6.07) is 44.8. The highest BCUT2D eigenvalue weighted by Gasteiger charge is 2.36. The molecular weight excluding hydrogens is 374 g/mol. The average molecular weight is 404 g/mol. The van der Waals surface area contributed by atoms with Gasteiger partial charge >= 0.3 is 0 Å². The second kappa shape index (κ2) is 9.32. The molecule has 0 aromatic heterocycles. The van der Waals surface area contributed by atoms with E-state index < -0.39 is 0 Å². The van der Waals surface area contributed by atoms with Gasteiger partial charge in [-0.05, 0) is 35.1 Å². The first-order valence-electron chi connectivity index (χ1n) is 11.4. The lowest BCUT2D eigenvalue weighted by atomic mass is 9.84. The van der Waals surface area contributed by atoms with Crippen molar-refractivity contribution >= 4 is 0 Å². The number of hydrogen-bond acceptors (Lipinski definition) is 1. The smallest absolute Gasteiger partial charge is 0.0243 e. The first-order valence-corrected chi connectivity index (χ1v) is 11.4. The third-order valence-corrected chi connectivity index (χ3v) is 6.66. The van der Waals surface area contributed by atoms with Gasteiger partial charge in [-0.2, -0.15) is 0 Å². The average Bonchev–Trinajstić information content (AvgIpc) is 3.31. The van der Waals surface area contributed by atoms with Crippen molar-refractivity contribution in [3.8, 4) is 0 Å². The summed E-state index contributed by atoms with van der Waals surface area (Å²) in [5.74, 6) is 0.721. The molecule has 0 aliphatic carbocycles. The summed E-state index contributed by atoms with van der Waals surface area (Å²) in [6.07, 6.45) is 2.35. The van der Waals surface area contributed by atoms with E-state index in [1.807, 2.05) is 0 Å². The van der Waals surface area contributed by atoms with Gasteiger partial charge in [-0.1, -0.05) is 121 Å². The third-order valence-electron chi connectivity index (χ3n) is 6.66. The number of benzene rings is 4. The van der Waals surface area contributed by atoms with E-state index in [4.69, 9.17) is 0 Å². The van der Waals surface area contributed by atoms with E-state index in [1.54, 1.807) is 0 Å². The number of nitrogens with one attached hydrogen (secondary N) is 1. The molecule has 0 spiro atoms. The van der Waals surface area contributed by atoms with Gasteiger partial charge in [0.15, 0.2) is 0 Å². The maximum atomic E-state index is 4.09. The van der Waals surface area contributed by atoms with Gasteiger partial charge in [0.25, 0.3) is 0 Å². The van der Waals surface area contributed by atoms with Gasteiger partial charge in [0, 0.05) is 23.9 Å². The van der Waals surface area contributed by atoms with Crippen LogP contribution in [0.15, 0.2) is 121 Å². The summed E-state index contributed by atoms with van der Waals surface area (Å²) in [4.78, 5) is 0. The quantitative estimate of drug-likeness (QED) is 0.374. The van der Waals surface area contributed by atoms with E-state index in [9.17, 15) is 0 Å². The standard InChI is InChI=1S/C30H29N/c1-5-13-23(14-6-1)29(24-15-7-2-8-16-24)27-21-22-28(31-27)30(25-17-9-3-10-18-25)26-19-11-4-12-20-26/h1-20,27-31H,21-22H2/t27-,28-/m0/s1. The molecule has 0 saturated carbocycles. The van der Waals surface area contributed by atoms with Crippen molar-refractivity contribution in [2.75, 3.05) is 0 Å². The second-order valence-electron chi connectivity index (χ2n) is 8.56. The van der Waals surface area contributed by atoms with Crippen molar-refractivity contribution in [3.05, 3.63) is 144 Å². The van der Waals surface area contributed by atoms with Crippen molar-refractivity contribution in [1.82, 2.24) is 5.32 Å². The minimum absolute atomic E-state index is 0.361. The molecule has 1 heterocycles. The zero-order valence-corrected chi connectivity index (χ0v) is 17.8. The fourth-order valence-electron chi connectivity index (χ4n) is 5.28. The maximum Gasteiger partial charge on any atom is 0.0243 e. The van der Waals surface area contributed by atoms with E-state index in [-0.39, 0.29) is 0 Å². The molecule has 154 valence electrons. The Hall–Kier alpha value is -3.16. The maximum absolute atomic E-state index is 4.09. The predicted octanol–water partition coefficient (Wildman–Crippen LogP) is 6.77. The topological polar surface area (TPSA) is 12.0 Å². The highest BCUT2D eigenvalue weighted by Crippen LogP contribution is 2.38. The Bertz CT molecular complexity index is 892. The van der Waals surface area contributed by atoms with Gasteiger partial charge in [-0.3, -0.25) is 0 Å². The van der Waals surface area contributed by atoms with Gasteiger partial charge < -0.3 is 5.32 Å². The molecule has 1 aliphatic heterocycles. The first kappa shape index (κ1) is 19.8. The molecule has 0 unspecified atom stereocenters. The van der Waals surface area contributed by atoms with Crippen molar-refractivity contribution in [2.45, 2.75) is 36.8 Å². The SMILES string of the molecule is c1ccc(C(c2ccccc2)[C@@H]2CC[C@@H](C(c3ccccc3)c3ccccc3)N2)cc1.